The van der Waals surface area contributed by atoms with Crippen LogP contribution in [0.3, 0.4) is 0 Å². The van der Waals surface area contributed by atoms with Crippen LogP contribution >= 0.6 is 0 Å². The van der Waals surface area contributed by atoms with Crippen molar-refractivity contribution < 1.29 is 0 Å². The Morgan fingerprint density at radius 1 is 1.43 bits per heavy atom. The molecule has 0 aromatic rings. The molecule has 0 unspecified atom stereocenters. The van der Waals surface area contributed by atoms with Crippen molar-refractivity contribution in [1.29, 1.82) is 0 Å². The zero-order chi connectivity index (χ0) is 10.2. The second-order valence-corrected chi connectivity index (χ2v) is 4.20. The van der Waals surface area contributed by atoms with Crippen molar-refractivity contribution in [3.8, 4) is 0 Å². The SMILES string of the molecule is CCCNCCCN1CC=C(C)CC1. The number of nitrogens with zero attached hydrogens (tertiary/aromatic N) is 1. The molecule has 0 fully saturated rings. The molecule has 0 aromatic heterocycles. The first-order valence-corrected chi connectivity index (χ1v) is 5.91. The molecule has 1 heterocycles. The Kier molecular flexibility index (Phi) is 5.88. The van der Waals surface area contributed by atoms with Gasteiger partial charge in [0.2, 0.25) is 0 Å². The Bertz CT molecular complexity index is 175. The van der Waals surface area contributed by atoms with E-state index in [4.69, 9.17) is 0 Å². The third kappa shape index (κ3) is 4.77. The molecule has 0 atom stereocenters. The van der Waals surface area contributed by atoms with E-state index in [1.54, 1.807) is 5.57 Å². The molecule has 1 aliphatic rings. The molecular formula is C12H24N2. The fourth-order valence-corrected chi connectivity index (χ4v) is 1.75. The molecule has 14 heavy (non-hydrogen) atoms. The Morgan fingerprint density at radius 3 is 2.93 bits per heavy atom. The van der Waals surface area contributed by atoms with Gasteiger partial charge in [0.1, 0.15) is 0 Å². The maximum atomic E-state index is 3.44. The van der Waals surface area contributed by atoms with E-state index in [0.717, 1.165) is 0 Å². The molecule has 0 aliphatic carbocycles. The molecule has 2 heteroatoms. The largest absolute Gasteiger partial charge is 0.317 e. The van der Waals surface area contributed by atoms with E-state index in [9.17, 15) is 0 Å². The third-order valence-electron chi connectivity index (χ3n) is 2.77. The van der Waals surface area contributed by atoms with Gasteiger partial charge in [-0.3, -0.25) is 4.90 Å². The van der Waals surface area contributed by atoms with Crippen molar-refractivity contribution >= 4 is 0 Å². The highest BCUT2D eigenvalue weighted by molar-refractivity contribution is 5.03. The lowest BCUT2D eigenvalue weighted by molar-refractivity contribution is 0.289. The average molecular weight is 196 g/mol. The minimum Gasteiger partial charge on any atom is -0.317 e. The monoisotopic (exact) mass is 196 g/mol. The summed E-state index contributed by atoms with van der Waals surface area (Å²) < 4.78 is 0. The molecule has 0 aromatic carbocycles. The zero-order valence-electron chi connectivity index (χ0n) is 9.68. The number of rotatable bonds is 6. The van der Waals surface area contributed by atoms with Gasteiger partial charge in [0.25, 0.3) is 0 Å². The quantitative estimate of drug-likeness (QED) is 0.516. The summed E-state index contributed by atoms with van der Waals surface area (Å²) in [5, 5.41) is 3.44. The number of nitrogens with one attached hydrogen (secondary N) is 1. The second kappa shape index (κ2) is 7.02. The van der Waals surface area contributed by atoms with E-state index >= 15 is 0 Å². The Hall–Kier alpha value is -0.340. The van der Waals surface area contributed by atoms with Gasteiger partial charge in [-0.15, -0.1) is 0 Å². The minimum atomic E-state index is 1.17. The lowest BCUT2D eigenvalue weighted by Gasteiger charge is -2.25. The van der Waals surface area contributed by atoms with Crippen LogP contribution in [0.25, 0.3) is 0 Å². The van der Waals surface area contributed by atoms with Crippen LogP contribution in [0, 0.1) is 0 Å². The van der Waals surface area contributed by atoms with E-state index in [-0.39, 0.29) is 0 Å². The van der Waals surface area contributed by atoms with Crippen molar-refractivity contribution in [2.24, 2.45) is 0 Å². The molecule has 0 saturated heterocycles. The van der Waals surface area contributed by atoms with Crippen LogP contribution < -0.4 is 5.32 Å². The Morgan fingerprint density at radius 2 is 2.29 bits per heavy atom. The van der Waals surface area contributed by atoms with Crippen molar-refractivity contribution in [1.82, 2.24) is 10.2 Å². The molecule has 0 bridgehead atoms. The zero-order valence-corrected chi connectivity index (χ0v) is 9.68. The van der Waals surface area contributed by atoms with Crippen LogP contribution in [0.2, 0.25) is 0 Å². The summed E-state index contributed by atoms with van der Waals surface area (Å²) in [6, 6.07) is 0. The second-order valence-electron chi connectivity index (χ2n) is 4.20. The van der Waals surface area contributed by atoms with Gasteiger partial charge in [0, 0.05) is 13.1 Å². The molecule has 82 valence electrons. The smallest absolute Gasteiger partial charge is 0.0165 e. The maximum absolute atomic E-state index is 3.44. The summed E-state index contributed by atoms with van der Waals surface area (Å²) >= 11 is 0. The van der Waals surface area contributed by atoms with E-state index in [1.807, 2.05) is 0 Å². The van der Waals surface area contributed by atoms with Crippen molar-refractivity contribution in [2.45, 2.75) is 33.1 Å². The Balaban J connectivity index is 1.97. The maximum Gasteiger partial charge on any atom is 0.0165 e. The summed E-state index contributed by atoms with van der Waals surface area (Å²) in [6.45, 7) is 10.5. The van der Waals surface area contributed by atoms with E-state index in [1.165, 1.54) is 52.0 Å². The van der Waals surface area contributed by atoms with Gasteiger partial charge >= 0.3 is 0 Å². The van der Waals surface area contributed by atoms with Crippen molar-refractivity contribution in [3.05, 3.63) is 11.6 Å². The predicted octanol–water partition coefficient (Wildman–Crippen LogP) is 2.03. The topological polar surface area (TPSA) is 15.3 Å². The van der Waals surface area contributed by atoms with Crippen LogP contribution in [-0.4, -0.2) is 37.6 Å². The minimum absolute atomic E-state index is 1.17. The Labute approximate surface area is 88.4 Å². The standard InChI is InChI=1S/C12H24N2/c1-3-7-13-8-4-9-14-10-5-12(2)6-11-14/h5,13H,3-4,6-11H2,1-2H3. The summed E-state index contributed by atoms with van der Waals surface area (Å²) in [6.07, 6.45) is 6.16. The summed E-state index contributed by atoms with van der Waals surface area (Å²) in [4.78, 5) is 2.54. The summed E-state index contributed by atoms with van der Waals surface area (Å²) in [5.41, 5.74) is 1.56. The first-order chi connectivity index (χ1) is 6.83. The highest BCUT2D eigenvalue weighted by Gasteiger charge is 2.07. The van der Waals surface area contributed by atoms with Gasteiger partial charge < -0.3 is 5.32 Å². The molecule has 0 spiro atoms. The van der Waals surface area contributed by atoms with E-state index in [2.05, 4.69) is 30.1 Å². The first-order valence-electron chi connectivity index (χ1n) is 5.91. The van der Waals surface area contributed by atoms with Crippen LogP contribution in [0.5, 0.6) is 0 Å². The third-order valence-corrected chi connectivity index (χ3v) is 2.77. The predicted molar refractivity (Wildman–Crippen MR) is 62.6 cm³/mol. The van der Waals surface area contributed by atoms with Gasteiger partial charge in [0.15, 0.2) is 0 Å². The van der Waals surface area contributed by atoms with Crippen LogP contribution in [0.4, 0.5) is 0 Å². The molecule has 1 aliphatic heterocycles. The van der Waals surface area contributed by atoms with Gasteiger partial charge in [-0.25, -0.2) is 0 Å². The molecule has 0 amide bonds. The fourth-order valence-electron chi connectivity index (χ4n) is 1.75. The van der Waals surface area contributed by atoms with E-state index in [0.29, 0.717) is 0 Å². The number of hydrogen-bond acceptors (Lipinski definition) is 2. The average Bonchev–Trinajstić information content (AvgIpc) is 2.21. The molecule has 0 saturated carbocycles. The lowest BCUT2D eigenvalue weighted by atomic mass is 10.1. The molecule has 1 N–H and O–H groups in total. The van der Waals surface area contributed by atoms with Gasteiger partial charge in [-0.2, -0.15) is 0 Å². The van der Waals surface area contributed by atoms with Crippen LogP contribution in [0.15, 0.2) is 11.6 Å². The molecule has 0 radical (unpaired) electrons. The van der Waals surface area contributed by atoms with Crippen molar-refractivity contribution in [3.63, 3.8) is 0 Å². The number of hydrogen-bond donors (Lipinski definition) is 1. The van der Waals surface area contributed by atoms with Gasteiger partial charge in [0.05, 0.1) is 0 Å². The molecule has 1 rings (SSSR count). The first kappa shape index (κ1) is 11.7. The molecule has 2 nitrogen and oxygen atoms in total. The lowest BCUT2D eigenvalue weighted by Crippen LogP contribution is -2.31. The van der Waals surface area contributed by atoms with Crippen LogP contribution in [0.1, 0.15) is 33.1 Å². The fraction of sp³-hybridized carbons (Fsp3) is 0.833. The van der Waals surface area contributed by atoms with E-state index < -0.39 is 0 Å². The highest BCUT2D eigenvalue weighted by atomic mass is 15.1. The normalized spacial score (nSPS) is 18.3. The van der Waals surface area contributed by atoms with Gasteiger partial charge in [-0.1, -0.05) is 18.6 Å². The highest BCUT2D eigenvalue weighted by Crippen LogP contribution is 2.09. The van der Waals surface area contributed by atoms with Gasteiger partial charge in [-0.05, 0) is 45.8 Å². The van der Waals surface area contributed by atoms with Crippen LogP contribution in [-0.2, 0) is 0 Å². The van der Waals surface area contributed by atoms with Crippen molar-refractivity contribution in [2.75, 3.05) is 32.7 Å². The molecular weight excluding hydrogens is 172 g/mol. The summed E-state index contributed by atoms with van der Waals surface area (Å²) in [5.74, 6) is 0. The summed E-state index contributed by atoms with van der Waals surface area (Å²) in [7, 11) is 0.